The van der Waals surface area contributed by atoms with Crippen LogP contribution in [0.2, 0.25) is 0 Å². The summed E-state index contributed by atoms with van der Waals surface area (Å²) in [5.74, 6) is 0. The van der Waals surface area contributed by atoms with Crippen molar-refractivity contribution in [2.75, 3.05) is 12.5 Å². The van der Waals surface area contributed by atoms with Crippen molar-refractivity contribution in [1.29, 1.82) is 0 Å². The molecule has 0 amide bonds. The lowest BCUT2D eigenvalue weighted by atomic mass is 11.2. The van der Waals surface area contributed by atoms with Crippen LogP contribution in [-0.4, -0.2) is 12.5 Å². The van der Waals surface area contributed by atoms with Gasteiger partial charge >= 0.3 is 0 Å². The molecule has 4 aliphatic heterocycles. The molecule has 12 heteroatoms. The fraction of sp³-hybridized carbons (Fsp3) is 0.167. The molecule has 0 fully saturated rings. The quantitative estimate of drug-likeness (QED) is 0.326. The molecule has 0 nitrogen and oxygen atoms in total. The Morgan fingerprint density at radius 3 is 1.12 bits per heavy atom. The third-order valence-electron chi connectivity index (χ3n) is 2.71. The van der Waals surface area contributed by atoms with E-state index in [4.69, 9.17) is 0 Å². The van der Waals surface area contributed by atoms with E-state index in [0.29, 0.717) is 0 Å². The summed E-state index contributed by atoms with van der Waals surface area (Å²) in [6.45, 7) is 0. The summed E-state index contributed by atoms with van der Waals surface area (Å²) >= 11 is 27.7. The zero-order valence-corrected chi connectivity index (χ0v) is 21.9. The molecule has 0 bridgehead atoms. The highest BCUT2D eigenvalue weighted by Gasteiger charge is 2.36. The molecule has 128 valence electrons. The van der Waals surface area contributed by atoms with E-state index in [2.05, 4.69) is 37.8 Å². The average Bonchev–Trinajstić information content (AvgIpc) is 3.29. The minimum atomic E-state index is 1.02. The number of thiol groups is 2. The van der Waals surface area contributed by atoms with Gasteiger partial charge in [0, 0.05) is 0 Å². The summed E-state index contributed by atoms with van der Waals surface area (Å²) < 4.78 is 13.4. The lowest BCUT2D eigenvalue weighted by Crippen LogP contribution is -1.72. The first-order valence-corrected chi connectivity index (χ1v) is 16.1. The van der Waals surface area contributed by atoms with Crippen molar-refractivity contribution in [3.63, 3.8) is 0 Å². The van der Waals surface area contributed by atoms with Crippen LogP contribution in [0.15, 0.2) is 42.4 Å². The summed E-state index contributed by atoms with van der Waals surface area (Å²) in [5.41, 5.74) is 0. The summed E-state index contributed by atoms with van der Waals surface area (Å²) in [6.07, 6.45) is 4.33. The maximum absolute atomic E-state index is 4.48. The van der Waals surface area contributed by atoms with Crippen molar-refractivity contribution in [3.8, 4) is 0 Å². The Balaban J connectivity index is 1.45. The van der Waals surface area contributed by atoms with E-state index < -0.39 is 0 Å². The van der Waals surface area contributed by atoms with Gasteiger partial charge in [0.05, 0.1) is 42.4 Å². The number of hydrogen-bond acceptors (Lipinski definition) is 12. The Morgan fingerprint density at radius 2 is 0.792 bits per heavy atom. The van der Waals surface area contributed by atoms with Crippen LogP contribution in [0.3, 0.4) is 0 Å². The van der Waals surface area contributed by atoms with Gasteiger partial charge < -0.3 is 0 Å². The van der Waals surface area contributed by atoms with E-state index in [9.17, 15) is 0 Å². The second kappa shape index (κ2) is 8.73. The number of thioether (sulfide) groups is 10. The number of rotatable bonds is 2. The van der Waals surface area contributed by atoms with Gasteiger partial charge in [0.25, 0.3) is 0 Å². The average molecular weight is 537 g/mol. The molecule has 0 aromatic carbocycles. The van der Waals surface area contributed by atoms with Gasteiger partial charge in [0.1, 0.15) is 0 Å². The standard InChI is InChI=1S/C12H8S12/c1-15-5-6(16-2)20-9(19-5)10-23-11-12(24-10)22-8(21-11)7-17-3(13)4(14)18-7/h13-14H,1-2H3. The highest BCUT2D eigenvalue weighted by Crippen LogP contribution is 2.72. The molecular formula is C12H8S12. The predicted molar refractivity (Wildman–Crippen MR) is 141 cm³/mol. The van der Waals surface area contributed by atoms with Crippen LogP contribution in [0.4, 0.5) is 0 Å². The molecular weight excluding hydrogens is 529 g/mol. The van der Waals surface area contributed by atoms with E-state index in [1.54, 1.807) is 23.5 Å². The van der Waals surface area contributed by atoms with Gasteiger partial charge in [-0.05, 0) is 12.5 Å². The van der Waals surface area contributed by atoms with Crippen molar-refractivity contribution in [3.05, 3.63) is 42.4 Å². The molecule has 4 heterocycles. The molecule has 0 aliphatic carbocycles. The van der Waals surface area contributed by atoms with Crippen LogP contribution < -0.4 is 0 Å². The molecule has 4 rings (SSSR count). The fourth-order valence-electron chi connectivity index (χ4n) is 1.73. The normalized spacial score (nSPS) is 24.5. The van der Waals surface area contributed by atoms with Gasteiger partial charge in [-0.1, -0.05) is 94.1 Å². The summed E-state index contributed by atoms with van der Waals surface area (Å²) in [7, 11) is 0. The van der Waals surface area contributed by atoms with E-state index in [-0.39, 0.29) is 0 Å². The highest BCUT2D eigenvalue weighted by molar-refractivity contribution is 8.50. The van der Waals surface area contributed by atoms with Gasteiger partial charge in [-0.25, -0.2) is 0 Å². The smallest absolute Gasteiger partial charge is 0.0718 e. The number of hydrogen-bond donors (Lipinski definition) is 2. The fourth-order valence-corrected chi connectivity index (χ4v) is 16.8. The van der Waals surface area contributed by atoms with Gasteiger partial charge in [0.15, 0.2) is 0 Å². The first-order valence-electron chi connectivity index (χ1n) is 6.19. The van der Waals surface area contributed by atoms with Crippen molar-refractivity contribution in [2.45, 2.75) is 0 Å². The summed E-state index contributed by atoms with van der Waals surface area (Å²) in [5, 5.41) is 0. The first kappa shape index (κ1) is 20.2. The molecule has 0 aromatic rings. The second-order valence-corrected chi connectivity index (χ2v) is 17.5. The van der Waals surface area contributed by atoms with E-state index in [1.165, 1.54) is 33.9 Å². The summed E-state index contributed by atoms with van der Waals surface area (Å²) in [4.78, 5) is 0. The Morgan fingerprint density at radius 1 is 0.500 bits per heavy atom. The SMILES string of the molecule is CSC1=C(SC)SC(=C2SC3=C(SC(=C4SC(S)=C(S)S4)S3)S2)S1. The molecule has 0 unspecified atom stereocenters. The molecule has 0 atom stereocenters. The van der Waals surface area contributed by atoms with Gasteiger partial charge in [-0.2, -0.15) is 0 Å². The highest BCUT2D eigenvalue weighted by atomic mass is 32.3. The monoisotopic (exact) mass is 536 g/mol. The van der Waals surface area contributed by atoms with Gasteiger partial charge in [-0.15, -0.1) is 48.8 Å². The minimum Gasteiger partial charge on any atom is -0.135 e. The van der Waals surface area contributed by atoms with Crippen LogP contribution in [0.1, 0.15) is 0 Å². The van der Waals surface area contributed by atoms with Gasteiger partial charge in [0.2, 0.25) is 0 Å². The first-order chi connectivity index (χ1) is 11.6. The van der Waals surface area contributed by atoms with Crippen LogP contribution in [0.25, 0.3) is 0 Å². The third-order valence-corrected chi connectivity index (χ3v) is 18.3. The van der Waals surface area contributed by atoms with Crippen molar-refractivity contribution in [2.24, 2.45) is 0 Å². The van der Waals surface area contributed by atoms with Crippen molar-refractivity contribution >= 4 is 143 Å². The molecule has 0 aromatic heterocycles. The molecule has 0 saturated heterocycles. The molecule has 24 heavy (non-hydrogen) atoms. The van der Waals surface area contributed by atoms with E-state index in [1.807, 2.05) is 94.1 Å². The molecule has 0 N–H and O–H groups in total. The molecule has 0 spiro atoms. The van der Waals surface area contributed by atoms with Crippen molar-refractivity contribution in [1.82, 2.24) is 0 Å². The third kappa shape index (κ3) is 4.10. The van der Waals surface area contributed by atoms with Crippen LogP contribution in [0, 0.1) is 0 Å². The topological polar surface area (TPSA) is 0 Å². The Bertz CT molecular complexity index is 711. The Labute approximate surface area is 195 Å². The lowest BCUT2D eigenvalue weighted by Gasteiger charge is -2.07. The lowest BCUT2D eigenvalue weighted by molar-refractivity contribution is 2.30. The minimum absolute atomic E-state index is 1.02. The molecule has 0 radical (unpaired) electrons. The summed E-state index contributed by atoms with van der Waals surface area (Å²) in [6, 6.07) is 0. The van der Waals surface area contributed by atoms with Crippen molar-refractivity contribution < 1.29 is 0 Å². The predicted octanol–water partition coefficient (Wildman–Crippen LogP) is 9.12. The second-order valence-electron chi connectivity index (χ2n) is 4.13. The van der Waals surface area contributed by atoms with E-state index >= 15 is 0 Å². The van der Waals surface area contributed by atoms with Gasteiger partial charge in [-0.3, -0.25) is 0 Å². The van der Waals surface area contributed by atoms with Crippen LogP contribution >= 0.6 is 143 Å². The van der Waals surface area contributed by atoms with Crippen LogP contribution in [-0.2, 0) is 0 Å². The zero-order chi connectivity index (χ0) is 16.8. The molecule has 0 saturated carbocycles. The zero-order valence-electron chi connectivity index (χ0n) is 12.0. The Hall–Kier alpha value is 2.90. The van der Waals surface area contributed by atoms with Crippen LogP contribution in [0.5, 0.6) is 0 Å². The maximum atomic E-state index is 4.48. The largest absolute Gasteiger partial charge is 0.135 e. The molecule has 4 aliphatic rings. The van der Waals surface area contributed by atoms with E-state index in [0.717, 1.165) is 8.47 Å². The maximum Gasteiger partial charge on any atom is 0.0718 e. The Kier molecular flexibility index (Phi) is 7.34.